The Kier molecular flexibility index (Phi) is 6.55. The Morgan fingerprint density at radius 2 is 1.70 bits per heavy atom. The van der Waals surface area contributed by atoms with Gasteiger partial charge in [0.2, 0.25) is 0 Å². The summed E-state index contributed by atoms with van der Waals surface area (Å²) in [6.45, 7) is 8.04. The fourth-order valence-corrected chi connectivity index (χ4v) is 5.81. The first-order chi connectivity index (χ1) is 14.4. The van der Waals surface area contributed by atoms with E-state index in [2.05, 4.69) is 43.7 Å². The summed E-state index contributed by atoms with van der Waals surface area (Å²) in [6.07, 6.45) is 0. The highest BCUT2D eigenvalue weighted by Gasteiger charge is 2.23. The molecular formula is C22H25BrClN3O2S. The van der Waals surface area contributed by atoms with Crippen molar-refractivity contribution in [1.29, 1.82) is 0 Å². The largest absolute Gasteiger partial charge is 0.357 e. The lowest BCUT2D eigenvalue weighted by atomic mass is 10.1. The van der Waals surface area contributed by atoms with Gasteiger partial charge in [0.1, 0.15) is 0 Å². The number of hydrogen-bond acceptors (Lipinski definition) is 4. The molecule has 2 heterocycles. The summed E-state index contributed by atoms with van der Waals surface area (Å²) in [7, 11) is -3.49. The van der Waals surface area contributed by atoms with E-state index in [9.17, 15) is 8.42 Å². The van der Waals surface area contributed by atoms with Crippen molar-refractivity contribution in [3.63, 3.8) is 0 Å². The molecule has 3 aromatic rings. The topological polar surface area (TPSA) is 56.4 Å². The Bertz CT molecular complexity index is 1140. The summed E-state index contributed by atoms with van der Waals surface area (Å²) < 4.78 is 27.2. The third-order valence-electron chi connectivity index (χ3n) is 5.76. The Labute approximate surface area is 191 Å². The van der Waals surface area contributed by atoms with Crippen molar-refractivity contribution in [1.82, 2.24) is 14.8 Å². The summed E-state index contributed by atoms with van der Waals surface area (Å²) in [4.78, 5) is 8.51. The van der Waals surface area contributed by atoms with Crippen LogP contribution in [0.15, 0.2) is 51.8 Å². The van der Waals surface area contributed by atoms with Crippen LogP contribution in [0.2, 0.25) is 5.02 Å². The molecule has 8 heteroatoms. The average molecular weight is 511 g/mol. The zero-order chi connectivity index (χ0) is 21.3. The number of likely N-dealkylation sites (N-methyl/N-ethyl adjacent to an activating group) is 1. The Balaban J connectivity index is 1.67. The van der Waals surface area contributed by atoms with Crippen LogP contribution in [0.1, 0.15) is 18.2 Å². The minimum atomic E-state index is -3.49. The second-order valence-corrected chi connectivity index (χ2v) is 11.0. The van der Waals surface area contributed by atoms with E-state index in [0.717, 1.165) is 65.9 Å². The van der Waals surface area contributed by atoms with Crippen molar-refractivity contribution in [2.24, 2.45) is 0 Å². The highest BCUT2D eigenvalue weighted by Crippen LogP contribution is 2.30. The molecule has 1 aliphatic heterocycles. The summed E-state index contributed by atoms with van der Waals surface area (Å²) >= 11 is 9.49. The number of hydrogen-bond donors (Lipinski definition) is 1. The molecule has 5 nitrogen and oxygen atoms in total. The Morgan fingerprint density at radius 3 is 2.37 bits per heavy atom. The quantitative estimate of drug-likeness (QED) is 0.522. The molecule has 1 aliphatic rings. The molecule has 1 aromatic heterocycles. The summed E-state index contributed by atoms with van der Waals surface area (Å²) in [5, 5.41) is 1.60. The second-order valence-electron chi connectivity index (χ2n) is 7.70. The second kappa shape index (κ2) is 9.01. The first-order valence-corrected chi connectivity index (χ1v) is 12.9. The lowest BCUT2D eigenvalue weighted by Crippen LogP contribution is -2.45. The highest BCUT2D eigenvalue weighted by molar-refractivity contribution is 9.10. The zero-order valence-corrected chi connectivity index (χ0v) is 20.0. The molecule has 0 bridgehead atoms. The van der Waals surface area contributed by atoms with E-state index >= 15 is 0 Å². The van der Waals surface area contributed by atoms with Crippen molar-refractivity contribution >= 4 is 48.3 Å². The molecule has 0 atom stereocenters. The smallest absolute Gasteiger partial charge is 0.183 e. The summed E-state index contributed by atoms with van der Waals surface area (Å²) in [6, 6.07) is 12.4. The van der Waals surface area contributed by atoms with Crippen LogP contribution in [0.5, 0.6) is 0 Å². The van der Waals surface area contributed by atoms with Gasteiger partial charge >= 0.3 is 0 Å². The minimum absolute atomic E-state index is 0.0643. The Morgan fingerprint density at radius 1 is 1.03 bits per heavy atom. The maximum absolute atomic E-state index is 13.1. The van der Waals surface area contributed by atoms with Crippen LogP contribution < -0.4 is 0 Å². The standard InChI is InChI=1S/C22H25BrClN3O2S/c1-2-26-9-11-27(12-10-26)14-20-19-13-16(23)3-8-21(19)25-22(20)15-30(28,29)18-6-4-17(24)5-7-18/h3-8,13,25H,2,9-12,14-15H2,1H3. The molecule has 0 saturated carbocycles. The van der Waals surface area contributed by atoms with E-state index in [1.807, 2.05) is 12.1 Å². The first-order valence-electron chi connectivity index (χ1n) is 10.1. The van der Waals surface area contributed by atoms with Gasteiger partial charge in [-0.3, -0.25) is 4.90 Å². The van der Waals surface area contributed by atoms with Crippen molar-refractivity contribution in [2.45, 2.75) is 24.1 Å². The van der Waals surface area contributed by atoms with E-state index < -0.39 is 9.84 Å². The summed E-state index contributed by atoms with van der Waals surface area (Å²) in [5.41, 5.74) is 2.78. The van der Waals surface area contributed by atoms with E-state index in [1.165, 1.54) is 0 Å². The van der Waals surface area contributed by atoms with Gasteiger partial charge in [-0.25, -0.2) is 8.42 Å². The number of piperazine rings is 1. The number of rotatable bonds is 6. The number of nitrogens with one attached hydrogen (secondary N) is 1. The fraction of sp³-hybridized carbons (Fsp3) is 0.364. The molecule has 1 fully saturated rings. The van der Waals surface area contributed by atoms with Crippen LogP contribution in [0.3, 0.4) is 0 Å². The third kappa shape index (κ3) is 4.75. The predicted molar refractivity (Wildman–Crippen MR) is 126 cm³/mol. The number of sulfone groups is 1. The molecular weight excluding hydrogens is 486 g/mol. The van der Waals surface area contributed by atoms with Crippen LogP contribution in [0, 0.1) is 0 Å². The average Bonchev–Trinajstić information content (AvgIpc) is 3.04. The van der Waals surface area contributed by atoms with Crippen molar-refractivity contribution in [2.75, 3.05) is 32.7 Å². The molecule has 0 radical (unpaired) electrons. The van der Waals surface area contributed by atoms with Gasteiger partial charge in [-0.2, -0.15) is 0 Å². The van der Waals surface area contributed by atoms with Crippen molar-refractivity contribution in [3.05, 3.63) is 63.2 Å². The van der Waals surface area contributed by atoms with Crippen LogP contribution in [-0.4, -0.2) is 55.9 Å². The molecule has 30 heavy (non-hydrogen) atoms. The molecule has 0 amide bonds. The lowest BCUT2D eigenvalue weighted by Gasteiger charge is -2.34. The zero-order valence-electron chi connectivity index (χ0n) is 16.9. The monoisotopic (exact) mass is 509 g/mol. The van der Waals surface area contributed by atoms with E-state index in [-0.39, 0.29) is 10.6 Å². The van der Waals surface area contributed by atoms with Crippen molar-refractivity contribution in [3.8, 4) is 0 Å². The molecule has 0 unspecified atom stereocenters. The van der Waals surface area contributed by atoms with Crippen LogP contribution >= 0.6 is 27.5 Å². The summed E-state index contributed by atoms with van der Waals surface area (Å²) in [5.74, 6) is -0.0643. The minimum Gasteiger partial charge on any atom is -0.357 e. The molecule has 1 N–H and O–H groups in total. The number of halogens is 2. The van der Waals surface area contributed by atoms with Crippen molar-refractivity contribution < 1.29 is 8.42 Å². The van der Waals surface area contributed by atoms with Gasteiger partial charge in [0.25, 0.3) is 0 Å². The molecule has 0 aliphatic carbocycles. The van der Waals surface area contributed by atoms with Gasteiger partial charge in [-0.1, -0.05) is 34.5 Å². The van der Waals surface area contributed by atoms with Gasteiger partial charge in [-0.15, -0.1) is 0 Å². The molecule has 2 aromatic carbocycles. The highest BCUT2D eigenvalue weighted by atomic mass is 79.9. The lowest BCUT2D eigenvalue weighted by molar-refractivity contribution is 0.132. The van der Waals surface area contributed by atoms with E-state index in [4.69, 9.17) is 11.6 Å². The molecule has 1 saturated heterocycles. The maximum atomic E-state index is 13.1. The van der Waals surface area contributed by atoms with Crippen LogP contribution in [0.4, 0.5) is 0 Å². The van der Waals surface area contributed by atoms with Crippen LogP contribution in [0.25, 0.3) is 10.9 Å². The van der Waals surface area contributed by atoms with E-state index in [0.29, 0.717) is 5.02 Å². The molecule has 0 spiro atoms. The fourth-order valence-electron chi connectivity index (χ4n) is 3.98. The SMILES string of the molecule is CCN1CCN(Cc2c(CS(=O)(=O)c3ccc(Cl)cc3)[nH]c3ccc(Br)cc23)CC1. The number of fused-ring (bicyclic) bond motifs is 1. The predicted octanol–water partition coefficient (Wildman–Crippen LogP) is 4.70. The van der Waals surface area contributed by atoms with Gasteiger partial charge in [0.15, 0.2) is 9.84 Å². The molecule has 160 valence electrons. The maximum Gasteiger partial charge on any atom is 0.183 e. The Hall–Kier alpha value is -1.38. The number of benzene rings is 2. The van der Waals surface area contributed by atoms with Gasteiger partial charge in [-0.05, 0) is 54.6 Å². The first kappa shape index (κ1) is 21.8. The number of aromatic amines is 1. The van der Waals surface area contributed by atoms with Gasteiger partial charge in [0, 0.05) is 58.8 Å². The third-order valence-corrected chi connectivity index (χ3v) is 8.16. The molecule has 4 rings (SSSR count). The number of aromatic nitrogens is 1. The van der Waals surface area contributed by atoms with Gasteiger partial charge < -0.3 is 9.88 Å². The normalized spacial score (nSPS) is 16.4. The number of H-pyrrole nitrogens is 1. The van der Waals surface area contributed by atoms with Crippen LogP contribution in [-0.2, 0) is 22.1 Å². The number of nitrogens with zero attached hydrogens (tertiary/aromatic N) is 2. The van der Waals surface area contributed by atoms with E-state index in [1.54, 1.807) is 24.3 Å². The van der Waals surface area contributed by atoms with Gasteiger partial charge in [0.05, 0.1) is 10.6 Å².